The second-order valence-electron chi connectivity index (χ2n) is 6.36. The van der Waals surface area contributed by atoms with Gasteiger partial charge in [-0.05, 0) is 31.4 Å². The van der Waals surface area contributed by atoms with Crippen molar-refractivity contribution in [3.8, 4) is 10.6 Å². The van der Waals surface area contributed by atoms with E-state index >= 15 is 0 Å². The third-order valence-electron chi connectivity index (χ3n) is 4.09. The Bertz CT molecular complexity index is 954. The van der Waals surface area contributed by atoms with Crippen molar-refractivity contribution in [2.24, 2.45) is 7.05 Å². The predicted molar refractivity (Wildman–Crippen MR) is 119 cm³/mol. The van der Waals surface area contributed by atoms with Gasteiger partial charge >= 0.3 is 0 Å². The van der Waals surface area contributed by atoms with Gasteiger partial charge < -0.3 is 15.8 Å². The van der Waals surface area contributed by atoms with Crippen LogP contribution < -0.4 is 11.1 Å². The molecule has 3 heterocycles. The minimum absolute atomic E-state index is 0.00874. The Kier molecular flexibility index (Phi) is 9.54. The predicted octanol–water partition coefficient (Wildman–Crippen LogP) is 4.87. The topological polar surface area (TPSA) is 95.1 Å². The molecule has 0 radical (unpaired) electrons. The first-order valence-electron chi connectivity index (χ1n) is 10.0. The molecule has 7 nitrogen and oxygen atoms in total. The van der Waals surface area contributed by atoms with Crippen LogP contribution in [-0.4, -0.2) is 33.9 Å². The lowest BCUT2D eigenvalue weighted by Crippen LogP contribution is -2.13. The minimum atomic E-state index is -0.766. The Morgan fingerprint density at radius 3 is 2.32 bits per heavy atom. The highest BCUT2D eigenvalue weighted by atomic mass is 32.1. The van der Waals surface area contributed by atoms with E-state index in [-0.39, 0.29) is 21.3 Å². The molecule has 2 aromatic heterocycles. The molecule has 1 aliphatic heterocycles. The molecule has 31 heavy (non-hydrogen) atoms. The van der Waals surface area contributed by atoms with E-state index in [9.17, 15) is 13.6 Å². The molecule has 168 valence electrons. The number of aryl methyl sites for hydroxylation is 1. The molecule has 1 aromatic carbocycles. The zero-order valence-corrected chi connectivity index (χ0v) is 18.6. The van der Waals surface area contributed by atoms with E-state index in [0.717, 1.165) is 36.7 Å². The normalized spacial score (nSPS) is 12.8. The highest BCUT2D eigenvalue weighted by Crippen LogP contribution is 2.33. The summed E-state index contributed by atoms with van der Waals surface area (Å²) in [5.74, 6) is -2.11. The van der Waals surface area contributed by atoms with Gasteiger partial charge in [0.1, 0.15) is 21.6 Å². The van der Waals surface area contributed by atoms with Crippen LogP contribution in [0.2, 0.25) is 0 Å². The number of carbonyl (C=O) groups is 1. The van der Waals surface area contributed by atoms with E-state index in [2.05, 4.69) is 15.4 Å². The van der Waals surface area contributed by atoms with E-state index in [1.54, 1.807) is 13.2 Å². The van der Waals surface area contributed by atoms with Gasteiger partial charge in [-0.3, -0.25) is 9.48 Å². The fourth-order valence-corrected chi connectivity index (χ4v) is 3.54. The van der Waals surface area contributed by atoms with Gasteiger partial charge in [0.05, 0.1) is 17.4 Å². The number of thiazole rings is 1. The summed E-state index contributed by atoms with van der Waals surface area (Å²) < 4.78 is 34.2. The molecule has 4 rings (SSSR count). The van der Waals surface area contributed by atoms with Crippen LogP contribution in [0.15, 0.2) is 30.6 Å². The summed E-state index contributed by atoms with van der Waals surface area (Å²) >= 11 is 0.845. The van der Waals surface area contributed by atoms with Crippen LogP contribution in [0.1, 0.15) is 43.6 Å². The Balaban J connectivity index is 0.000000363. The number of amides is 1. The highest BCUT2D eigenvalue weighted by Gasteiger charge is 2.21. The molecule has 1 fully saturated rings. The zero-order chi connectivity index (χ0) is 22.8. The van der Waals surface area contributed by atoms with Crippen LogP contribution in [0.4, 0.5) is 19.5 Å². The van der Waals surface area contributed by atoms with Crippen LogP contribution >= 0.6 is 11.3 Å². The van der Waals surface area contributed by atoms with Crippen LogP contribution in [0.25, 0.3) is 10.6 Å². The summed E-state index contributed by atoms with van der Waals surface area (Å²) in [6.07, 6.45) is 6.98. The molecule has 1 aliphatic rings. The number of hydrogen-bond acceptors (Lipinski definition) is 6. The summed E-state index contributed by atoms with van der Waals surface area (Å²) in [5.41, 5.74) is 5.84. The van der Waals surface area contributed by atoms with Crippen molar-refractivity contribution < 1.29 is 18.3 Å². The van der Waals surface area contributed by atoms with Crippen LogP contribution in [0.3, 0.4) is 0 Å². The van der Waals surface area contributed by atoms with Gasteiger partial charge in [-0.2, -0.15) is 5.10 Å². The summed E-state index contributed by atoms with van der Waals surface area (Å²) in [4.78, 5) is 16.2. The van der Waals surface area contributed by atoms with Gasteiger partial charge in [0.15, 0.2) is 5.69 Å². The average Bonchev–Trinajstić information content (AvgIpc) is 3.36. The number of anilines is 2. The number of aromatic nitrogens is 3. The molecule has 10 heteroatoms. The molecule has 1 saturated heterocycles. The first-order valence-corrected chi connectivity index (χ1v) is 10.9. The van der Waals surface area contributed by atoms with Crippen molar-refractivity contribution in [3.05, 3.63) is 47.9 Å². The van der Waals surface area contributed by atoms with Crippen LogP contribution in [0, 0.1) is 11.6 Å². The number of halogens is 2. The van der Waals surface area contributed by atoms with Crippen molar-refractivity contribution in [3.63, 3.8) is 0 Å². The van der Waals surface area contributed by atoms with Gasteiger partial charge in [0.25, 0.3) is 5.91 Å². The maximum atomic E-state index is 13.8. The number of rotatable bonds is 3. The first-order chi connectivity index (χ1) is 15.0. The van der Waals surface area contributed by atoms with E-state index in [1.807, 2.05) is 13.8 Å². The number of nitrogens with zero attached hydrogens (tertiary/aromatic N) is 3. The molecule has 0 saturated carbocycles. The largest absolute Gasteiger partial charge is 0.389 e. The summed E-state index contributed by atoms with van der Waals surface area (Å²) in [5, 5.41) is 6.57. The molecular formula is C21H27F2N5O2S. The Morgan fingerprint density at radius 1 is 1.19 bits per heavy atom. The van der Waals surface area contributed by atoms with Crippen LogP contribution in [0.5, 0.6) is 0 Å². The molecule has 3 N–H and O–H groups in total. The van der Waals surface area contributed by atoms with Crippen molar-refractivity contribution in [1.82, 2.24) is 14.8 Å². The third-order valence-corrected chi connectivity index (χ3v) is 4.99. The molecule has 0 aliphatic carbocycles. The van der Waals surface area contributed by atoms with E-state index in [4.69, 9.17) is 10.5 Å². The van der Waals surface area contributed by atoms with Crippen molar-refractivity contribution in [1.29, 1.82) is 0 Å². The molecule has 1 amide bonds. The van der Waals surface area contributed by atoms with Crippen molar-refractivity contribution in [2.75, 3.05) is 24.3 Å². The van der Waals surface area contributed by atoms with Gasteiger partial charge in [0, 0.05) is 26.5 Å². The fourth-order valence-electron chi connectivity index (χ4n) is 2.67. The van der Waals surface area contributed by atoms with Gasteiger partial charge in [-0.25, -0.2) is 13.8 Å². The van der Waals surface area contributed by atoms with Crippen molar-refractivity contribution >= 4 is 27.9 Å². The summed E-state index contributed by atoms with van der Waals surface area (Å²) in [6, 6.07) is 3.48. The lowest BCUT2D eigenvalue weighted by atomic mass is 10.2. The van der Waals surface area contributed by atoms with E-state index < -0.39 is 17.5 Å². The molecule has 3 aromatic rings. The number of benzene rings is 1. The SMILES string of the molecule is C1CCOCC1.CC.Cn1cc(NC(=O)c2nc(-c3c(F)cccc3F)sc2N)cn1. The molecule has 0 bridgehead atoms. The molecule has 0 atom stereocenters. The zero-order valence-electron chi connectivity index (χ0n) is 17.8. The number of ether oxygens (including phenoxy) is 1. The number of nitrogen functional groups attached to an aromatic ring is 1. The highest BCUT2D eigenvalue weighted by molar-refractivity contribution is 7.19. The van der Waals surface area contributed by atoms with Gasteiger partial charge in [0.2, 0.25) is 0 Å². The van der Waals surface area contributed by atoms with Crippen molar-refractivity contribution in [2.45, 2.75) is 33.1 Å². The number of hydrogen-bond donors (Lipinski definition) is 2. The lowest BCUT2D eigenvalue weighted by Gasteiger charge is -2.08. The Labute approximate surface area is 184 Å². The smallest absolute Gasteiger partial charge is 0.277 e. The summed E-state index contributed by atoms with van der Waals surface area (Å²) in [6.45, 7) is 6.00. The number of nitrogens with two attached hydrogens (primary N) is 1. The second kappa shape index (κ2) is 12.1. The minimum Gasteiger partial charge on any atom is -0.389 e. The number of nitrogens with one attached hydrogen (secondary N) is 1. The third kappa shape index (κ3) is 6.83. The maximum absolute atomic E-state index is 13.8. The first kappa shape index (κ1) is 24.4. The lowest BCUT2D eigenvalue weighted by molar-refractivity contribution is 0.0968. The molecule has 0 unspecified atom stereocenters. The quantitative estimate of drug-likeness (QED) is 0.592. The van der Waals surface area contributed by atoms with Crippen LogP contribution in [-0.2, 0) is 11.8 Å². The van der Waals surface area contributed by atoms with Gasteiger partial charge in [-0.15, -0.1) is 0 Å². The Morgan fingerprint density at radius 2 is 1.84 bits per heavy atom. The monoisotopic (exact) mass is 451 g/mol. The number of carbonyl (C=O) groups excluding carboxylic acids is 1. The average molecular weight is 452 g/mol. The Hall–Kier alpha value is -2.85. The van der Waals surface area contributed by atoms with E-state index in [1.165, 1.54) is 36.2 Å². The maximum Gasteiger partial charge on any atom is 0.277 e. The molecule has 0 spiro atoms. The standard InChI is InChI=1S/C14H11F2N5OS.C5H10O.C2H6/c1-21-6-7(5-18-21)19-13(22)11-12(17)23-14(20-11)10-8(15)3-2-4-9(10)16;1-2-4-6-5-3-1;1-2/h2-6H,17H2,1H3,(H,19,22);1-5H2;1-2H3. The van der Waals surface area contributed by atoms with E-state index in [0.29, 0.717) is 5.69 Å². The second-order valence-corrected chi connectivity index (χ2v) is 7.39. The summed E-state index contributed by atoms with van der Waals surface area (Å²) in [7, 11) is 1.70. The fraction of sp³-hybridized carbons (Fsp3) is 0.381. The van der Waals surface area contributed by atoms with Gasteiger partial charge in [-0.1, -0.05) is 31.3 Å². The molecular weight excluding hydrogens is 424 g/mol.